The second kappa shape index (κ2) is 13.0. The summed E-state index contributed by atoms with van der Waals surface area (Å²) >= 11 is 0. The number of allylic oxidation sites excluding steroid dienone is 1. The molecule has 0 aliphatic carbocycles. The highest BCUT2D eigenvalue weighted by Crippen LogP contribution is 2.60. The van der Waals surface area contributed by atoms with Gasteiger partial charge in [-0.1, -0.05) is 6.58 Å². The van der Waals surface area contributed by atoms with E-state index in [-0.39, 0.29) is 5.78 Å². The van der Waals surface area contributed by atoms with Gasteiger partial charge >= 0.3 is 0 Å². The van der Waals surface area contributed by atoms with Crippen LogP contribution in [0.15, 0.2) is 12.2 Å². The Kier molecular flexibility index (Phi) is 12.8. The number of nitrogens with zero attached hydrogens (tertiary/aromatic N) is 2. The fraction of sp³-hybridized carbons (Fsp3) is 0.765. The summed E-state index contributed by atoms with van der Waals surface area (Å²) in [7, 11) is 0.0128. The molecule has 0 aromatic carbocycles. The lowest BCUT2D eigenvalue weighted by Gasteiger charge is -2.37. The van der Waals surface area contributed by atoms with Crippen LogP contribution in [0.5, 0.6) is 0 Å². The fourth-order valence-electron chi connectivity index (χ4n) is 2.17. The van der Waals surface area contributed by atoms with Crippen LogP contribution in [0, 0.1) is 11.3 Å². The number of hydrogen-bond acceptors (Lipinski definition) is 4. The molecule has 0 saturated heterocycles. The summed E-state index contributed by atoms with van der Waals surface area (Å²) in [4.78, 5) is 11.5. The van der Waals surface area contributed by atoms with Gasteiger partial charge in [-0.15, -0.1) is 0 Å². The monoisotopic (exact) mass is 358 g/mol. The Morgan fingerprint density at radius 2 is 1.91 bits per heavy atom. The SMILES string of the molecule is C=C(C)C(=O)CCCCOP(PCCC#N)N(C(C)C)C(C)C. The van der Waals surface area contributed by atoms with Crippen molar-refractivity contribution in [2.24, 2.45) is 0 Å². The normalized spacial score (nSPS) is 13.2. The molecule has 0 N–H and O–H groups in total. The van der Waals surface area contributed by atoms with Crippen molar-refractivity contribution in [2.45, 2.75) is 72.4 Å². The highest BCUT2D eigenvalue weighted by molar-refractivity contribution is 8.17. The molecule has 0 aromatic heterocycles. The van der Waals surface area contributed by atoms with E-state index in [0.717, 1.165) is 19.0 Å². The van der Waals surface area contributed by atoms with Crippen LogP contribution in [0.2, 0.25) is 0 Å². The Balaban J connectivity index is 4.38. The second-order valence-corrected chi connectivity index (χ2v) is 10.3. The van der Waals surface area contributed by atoms with Gasteiger partial charge in [-0.05, 0) is 67.5 Å². The van der Waals surface area contributed by atoms with Crippen LogP contribution in [0.4, 0.5) is 0 Å². The third-order valence-corrected chi connectivity index (χ3v) is 8.32. The molecule has 0 rings (SSSR count). The number of carbonyl (C=O) groups excluding carboxylic acids is 1. The van der Waals surface area contributed by atoms with E-state index in [1.54, 1.807) is 6.92 Å². The Morgan fingerprint density at radius 1 is 1.30 bits per heavy atom. The average Bonchev–Trinajstić information content (AvgIpc) is 2.45. The van der Waals surface area contributed by atoms with Gasteiger partial charge in [0.1, 0.15) is 7.99 Å². The zero-order chi connectivity index (χ0) is 17.8. The molecule has 0 aromatic rings. The van der Waals surface area contributed by atoms with Crippen LogP contribution < -0.4 is 0 Å². The van der Waals surface area contributed by atoms with Gasteiger partial charge in [0.25, 0.3) is 0 Å². The predicted molar refractivity (Wildman–Crippen MR) is 102 cm³/mol. The maximum atomic E-state index is 11.5. The lowest BCUT2D eigenvalue weighted by atomic mass is 10.1. The highest BCUT2D eigenvalue weighted by Gasteiger charge is 2.24. The minimum atomic E-state index is -0.651. The topological polar surface area (TPSA) is 53.3 Å². The van der Waals surface area contributed by atoms with E-state index < -0.39 is 7.99 Å². The van der Waals surface area contributed by atoms with Crippen LogP contribution in [0.25, 0.3) is 0 Å². The van der Waals surface area contributed by atoms with Crippen molar-refractivity contribution in [1.29, 1.82) is 5.26 Å². The van der Waals surface area contributed by atoms with E-state index in [2.05, 4.69) is 45.0 Å². The summed E-state index contributed by atoms with van der Waals surface area (Å²) in [6.45, 7) is 14.9. The van der Waals surface area contributed by atoms with Crippen LogP contribution in [0.3, 0.4) is 0 Å². The van der Waals surface area contributed by atoms with Crippen LogP contribution >= 0.6 is 16.3 Å². The van der Waals surface area contributed by atoms with E-state index in [1.165, 1.54) is 0 Å². The maximum Gasteiger partial charge on any atom is 0.157 e. The number of nitriles is 1. The molecule has 0 spiro atoms. The summed E-state index contributed by atoms with van der Waals surface area (Å²) in [5.74, 6) is 0.147. The van der Waals surface area contributed by atoms with Gasteiger partial charge in [0.2, 0.25) is 0 Å². The molecule has 0 fully saturated rings. The van der Waals surface area contributed by atoms with Gasteiger partial charge in [0.05, 0.1) is 12.7 Å². The van der Waals surface area contributed by atoms with E-state index >= 15 is 0 Å². The van der Waals surface area contributed by atoms with E-state index in [1.807, 2.05) is 0 Å². The second-order valence-electron chi connectivity index (χ2n) is 6.15. The van der Waals surface area contributed by atoms with Gasteiger partial charge in [-0.3, -0.25) is 9.46 Å². The summed E-state index contributed by atoms with van der Waals surface area (Å²) < 4.78 is 8.61. The van der Waals surface area contributed by atoms with Crippen molar-refractivity contribution in [3.05, 3.63) is 12.2 Å². The molecule has 0 amide bonds. The smallest absolute Gasteiger partial charge is 0.157 e. The third-order valence-electron chi connectivity index (χ3n) is 3.24. The molecular weight excluding hydrogens is 326 g/mol. The minimum absolute atomic E-state index is 0.147. The Bertz CT molecular complexity index is 398. The lowest BCUT2D eigenvalue weighted by molar-refractivity contribution is -0.115. The molecule has 0 aliphatic heterocycles. The Hall–Kier alpha value is -0.320. The molecule has 23 heavy (non-hydrogen) atoms. The van der Waals surface area contributed by atoms with Crippen LogP contribution in [-0.2, 0) is 9.32 Å². The zero-order valence-corrected chi connectivity index (χ0v) is 17.2. The van der Waals surface area contributed by atoms with Crippen LogP contribution in [-0.4, -0.2) is 35.3 Å². The number of Topliss-reactive ketones (excluding diaryl/α,β-unsaturated/α-hetero) is 1. The van der Waals surface area contributed by atoms with Gasteiger partial charge in [-0.2, -0.15) is 5.26 Å². The fourth-order valence-corrected chi connectivity index (χ4v) is 7.45. The summed E-state index contributed by atoms with van der Waals surface area (Å²) in [6.07, 6.45) is 3.81. The summed E-state index contributed by atoms with van der Waals surface area (Å²) in [6, 6.07) is 3.08. The third kappa shape index (κ3) is 10.2. The molecule has 0 aliphatic rings. The molecule has 0 heterocycles. The molecular formula is C17H32N2O2P2. The van der Waals surface area contributed by atoms with E-state index in [0.29, 0.717) is 45.4 Å². The molecule has 2 unspecified atom stereocenters. The van der Waals surface area contributed by atoms with E-state index in [9.17, 15) is 4.79 Å². The first-order valence-corrected chi connectivity index (χ1v) is 11.6. The first-order valence-electron chi connectivity index (χ1n) is 8.31. The standard InChI is InChI=1S/C17H32N2O2P2/c1-14(2)17(20)10-7-8-12-21-23(22-13-9-11-18)19(15(3)4)16(5)6/h15-16,22H,1,7-10,12-13H2,2-6H3. The molecule has 132 valence electrons. The molecule has 0 bridgehead atoms. The maximum absolute atomic E-state index is 11.5. The molecule has 6 heteroatoms. The number of ketones is 1. The van der Waals surface area contributed by atoms with Crippen molar-refractivity contribution in [3.8, 4) is 6.07 Å². The predicted octanol–water partition coefficient (Wildman–Crippen LogP) is 5.26. The van der Waals surface area contributed by atoms with Crippen molar-refractivity contribution < 1.29 is 9.32 Å². The molecule has 0 radical (unpaired) electrons. The average molecular weight is 358 g/mol. The number of carbonyl (C=O) groups is 1. The van der Waals surface area contributed by atoms with Crippen molar-refractivity contribution >= 4 is 22.0 Å². The Labute approximate surface area is 145 Å². The number of hydrogen-bond donors (Lipinski definition) is 0. The van der Waals surface area contributed by atoms with Gasteiger partial charge in [0.15, 0.2) is 5.78 Å². The largest absolute Gasteiger partial charge is 0.340 e. The molecule has 2 atom stereocenters. The van der Waals surface area contributed by atoms with Gasteiger partial charge in [-0.25, -0.2) is 0 Å². The van der Waals surface area contributed by atoms with Crippen molar-refractivity contribution in [2.75, 3.05) is 12.8 Å². The lowest BCUT2D eigenvalue weighted by Crippen LogP contribution is -2.32. The first kappa shape index (κ1) is 22.7. The molecule has 0 saturated carbocycles. The molecule has 4 nitrogen and oxygen atoms in total. The number of rotatable bonds is 13. The van der Waals surface area contributed by atoms with Gasteiger partial charge < -0.3 is 4.52 Å². The van der Waals surface area contributed by atoms with Gasteiger partial charge in [0, 0.05) is 24.9 Å². The zero-order valence-electron chi connectivity index (χ0n) is 15.3. The quantitative estimate of drug-likeness (QED) is 0.256. The van der Waals surface area contributed by atoms with Crippen molar-refractivity contribution in [1.82, 2.24) is 4.67 Å². The summed E-state index contributed by atoms with van der Waals surface area (Å²) in [5, 5.41) is 8.75. The Morgan fingerprint density at radius 3 is 2.39 bits per heavy atom. The first-order chi connectivity index (χ1) is 10.8. The summed E-state index contributed by atoms with van der Waals surface area (Å²) in [5.41, 5.74) is 0.636. The number of unbranched alkanes of at least 4 members (excludes halogenated alkanes) is 1. The highest BCUT2D eigenvalue weighted by atomic mass is 32.1. The van der Waals surface area contributed by atoms with Crippen molar-refractivity contribution in [3.63, 3.8) is 0 Å². The van der Waals surface area contributed by atoms with E-state index in [4.69, 9.17) is 9.79 Å². The minimum Gasteiger partial charge on any atom is -0.340 e. The van der Waals surface area contributed by atoms with Crippen LogP contribution in [0.1, 0.15) is 60.3 Å².